The van der Waals surface area contributed by atoms with Crippen LogP contribution >= 0.6 is 11.3 Å². The molecule has 0 bridgehead atoms. The number of rotatable bonds is 3. The monoisotopic (exact) mass is 277 g/mol. The zero-order chi connectivity index (χ0) is 13.5. The van der Waals surface area contributed by atoms with E-state index in [1.807, 2.05) is 6.07 Å². The maximum Gasteiger partial charge on any atom is 0.271 e. The number of carbonyl (C=O) groups is 1. The molecular weight excluding hydrogens is 265 g/mol. The highest BCUT2D eigenvalue weighted by atomic mass is 32.1. The normalized spacial score (nSPS) is 16.1. The number of hydrogen-bond donors (Lipinski definition) is 2. The minimum Gasteiger partial charge on any atom is -0.375 e. The zero-order valence-electron chi connectivity index (χ0n) is 10.0. The average molecular weight is 277 g/mol. The van der Waals surface area contributed by atoms with Crippen molar-refractivity contribution in [1.29, 1.82) is 0 Å². The standard InChI is InChI=1S/C13H12FN3OS/c14-9-3-1-2-8(6-9)13(4-5-13)17-11(18)10-7-19-12(15)16-10/h1-3,6-7H,4-5H2,(H2,15,16)(H,17,18). The summed E-state index contributed by atoms with van der Waals surface area (Å²) >= 11 is 1.22. The van der Waals surface area contributed by atoms with Crippen molar-refractivity contribution < 1.29 is 9.18 Å². The fourth-order valence-corrected chi connectivity index (χ4v) is 2.61. The molecule has 3 rings (SSSR count). The van der Waals surface area contributed by atoms with Gasteiger partial charge < -0.3 is 11.1 Å². The highest BCUT2D eigenvalue weighted by Crippen LogP contribution is 2.45. The van der Waals surface area contributed by atoms with Gasteiger partial charge in [-0.25, -0.2) is 9.37 Å². The molecule has 3 N–H and O–H groups in total. The quantitative estimate of drug-likeness (QED) is 0.904. The average Bonchev–Trinajstić information content (AvgIpc) is 3.03. The molecule has 1 aliphatic carbocycles. The Bertz CT molecular complexity index is 636. The molecule has 0 unspecified atom stereocenters. The van der Waals surface area contributed by atoms with Gasteiger partial charge in [0.2, 0.25) is 0 Å². The van der Waals surface area contributed by atoms with Crippen LogP contribution in [-0.2, 0) is 5.54 Å². The van der Waals surface area contributed by atoms with Gasteiger partial charge in [0.15, 0.2) is 5.13 Å². The van der Waals surface area contributed by atoms with Crippen LogP contribution in [0.5, 0.6) is 0 Å². The summed E-state index contributed by atoms with van der Waals surface area (Å²) in [4.78, 5) is 16.0. The highest BCUT2D eigenvalue weighted by Gasteiger charge is 2.46. The lowest BCUT2D eigenvalue weighted by Gasteiger charge is -2.17. The van der Waals surface area contributed by atoms with Gasteiger partial charge in [0.1, 0.15) is 11.5 Å². The molecule has 19 heavy (non-hydrogen) atoms. The van der Waals surface area contributed by atoms with Crippen LogP contribution in [0.4, 0.5) is 9.52 Å². The number of nitrogen functional groups attached to an aromatic ring is 1. The fraction of sp³-hybridized carbons (Fsp3) is 0.231. The van der Waals surface area contributed by atoms with Gasteiger partial charge in [-0.05, 0) is 30.5 Å². The summed E-state index contributed by atoms with van der Waals surface area (Å²) in [6, 6.07) is 6.33. The lowest BCUT2D eigenvalue weighted by molar-refractivity contribution is 0.0926. The highest BCUT2D eigenvalue weighted by molar-refractivity contribution is 7.13. The lowest BCUT2D eigenvalue weighted by atomic mass is 10.0. The predicted molar refractivity (Wildman–Crippen MR) is 71.3 cm³/mol. The molecule has 4 nitrogen and oxygen atoms in total. The Hall–Kier alpha value is -1.95. The molecule has 0 radical (unpaired) electrons. The summed E-state index contributed by atoms with van der Waals surface area (Å²) in [6.45, 7) is 0. The molecule has 98 valence electrons. The molecule has 1 aromatic heterocycles. The van der Waals surface area contributed by atoms with Crippen LogP contribution in [0.25, 0.3) is 0 Å². The maximum atomic E-state index is 13.2. The summed E-state index contributed by atoms with van der Waals surface area (Å²) in [5, 5.41) is 4.90. The Morgan fingerprint density at radius 2 is 2.26 bits per heavy atom. The minimum absolute atomic E-state index is 0.269. The molecule has 1 fully saturated rings. The second-order valence-electron chi connectivity index (χ2n) is 4.62. The molecule has 0 spiro atoms. The van der Waals surface area contributed by atoms with Crippen molar-refractivity contribution in [3.8, 4) is 0 Å². The SMILES string of the molecule is Nc1nc(C(=O)NC2(c3cccc(F)c3)CC2)cs1. The van der Waals surface area contributed by atoms with Gasteiger partial charge >= 0.3 is 0 Å². The van der Waals surface area contributed by atoms with Gasteiger partial charge in [0.05, 0.1) is 5.54 Å². The first kappa shape index (κ1) is 12.1. The van der Waals surface area contributed by atoms with Crippen molar-refractivity contribution in [2.24, 2.45) is 0 Å². The van der Waals surface area contributed by atoms with Crippen LogP contribution < -0.4 is 11.1 Å². The van der Waals surface area contributed by atoms with Crippen LogP contribution in [0.1, 0.15) is 28.9 Å². The van der Waals surface area contributed by atoms with E-state index in [9.17, 15) is 9.18 Å². The van der Waals surface area contributed by atoms with Gasteiger partial charge in [-0.2, -0.15) is 0 Å². The summed E-state index contributed by atoms with van der Waals surface area (Å²) in [6.07, 6.45) is 1.61. The zero-order valence-corrected chi connectivity index (χ0v) is 10.8. The van der Waals surface area contributed by atoms with Gasteiger partial charge in [0, 0.05) is 5.38 Å². The Kier molecular flexibility index (Phi) is 2.74. The number of nitrogens with zero attached hydrogens (tertiary/aromatic N) is 1. The number of anilines is 1. The Balaban J connectivity index is 1.81. The number of nitrogens with two attached hydrogens (primary N) is 1. The Morgan fingerprint density at radius 3 is 2.84 bits per heavy atom. The molecule has 1 aliphatic rings. The number of thiazole rings is 1. The van der Waals surface area contributed by atoms with E-state index in [1.165, 1.54) is 23.5 Å². The van der Waals surface area contributed by atoms with Crippen LogP contribution in [0, 0.1) is 5.82 Å². The van der Waals surface area contributed by atoms with E-state index in [0.717, 1.165) is 18.4 Å². The second-order valence-corrected chi connectivity index (χ2v) is 5.51. The summed E-state index contributed by atoms with van der Waals surface area (Å²) < 4.78 is 13.2. The van der Waals surface area contributed by atoms with Gasteiger partial charge in [-0.15, -0.1) is 11.3 Å². The van der Waals surface area contributed by atoms with E-state index < -0.39 is 5.54 Å². The Labute approximate surface area is 113 Å². The fourth-order valence-electron chi connectivity index (χ4n) is 2.07. The lowest BCUT2D eigenvalue weighted by Crippen LogP contribution is -2.35. The molecule has 0 saturated heterocycles. The van der Waals surface area contributed by atoms with Crippen molar-refractivity contribution >= 4 is 22.4 Å². The van der Waals surface area contributed by atoms with E-state index in [4.69, 9.17) is 5.73 Å². The van der Waals surface area contributed by atoms with Crippen LogP contribution in [0.15, 0.2) is 29.6 Å². The molecule has 6 heteroatoms. The first-order chi connectivity index (χ1) is 9.09. The third kappa shape index (κ3) is 2.31. The summed E-state index contributed by atoms with van der Waals surface area (Å²) in [7, 11) is 0. The van der Waals surface area contributed by atoms with Crippen LogP contribution in [-0.4, -0.2) is 10.9 Å². The maximum absolute atomic E-state index is 13.2. The molecule has 1 saturated carbocycles. The number of nitrogens with one attached hydrogen (secondary N) is 1. The predicted octanol–water partition coefficient (Wildman–Crippen LogP) is 2.28. The smallest absolute Gasteiger partial charge is 0.271 e. The second kappa shape index (κ2) is 4.31. The molecule has 1 aromatic carbocycles. The van der Waals surface area contributed by atoms with Gasteiger partial charge in [0.25, 0.3) is 5.91 Å². The van der Waals surface area contributed by atoms with E-state index in [0.29, 0.717) is 10.8 Å². The largest absolute Gasteiger partial charge is 0.375 e. The number of hydrogen-bond acceptors (Lipinski definition) is 4. The van der Waals surface area contributed by atoms with Crippen LogP contribution in [0.2, 0.25) is 0 Å². The third-order valence-corrected chi connectivity index (χ3v) is 3.91. The molecular formula is C13H12FN3OS. The minimum atomic E-state index is -0.447. The number of carbonyl (C=O) groups excluding carboxylic acids is 1. The van der Waals surface area contributed by atoms with Gasteiger partial charge in [-0.3, -0.25) is 4.79 Å². The van der Waals surface area contributed by atoms with E-state index in [2.05, 4.69) is 10.3 Å². The van der Waals surface area contributed by atoms with Crippen molar-refractivity contribution in [2.75, 3.05) is 5.73 Å². The summed E-state index contributed by atoms with van der Waals surface area (Å²) in [5.74, 6) is -0.564. The topological polar surface area (TPSA) is 68.0 Å². The molecule has 1 amide bonds. The Morgan fingerprint density at radius 1 is 1.47 bits per heavy atom. The number of benzene rings is 1. The van der Waals surface area contributed by atoms with E-state index >= 15 is 0 Å². The van der Waals surface area contributed by atoms with E-state index in [-0.39, 0.29) is 11.7 Å². The first-order valence-electron chi connectivity index (χ1n) is 5.89. The molecule has 1 heterocycles. The molecule has 0 aliphatic heterocycles. The van der Waals surface area contributed by atoms with Crippen molar-refractivity contribution in [2.45, 2.75) is 18.4 Å². The first-order valence-corrected chi connectivity index (χ1v) is 6.77. The van der Waals surface area contributed by atoms with Crippen molar-refractivity contribution in [3.63, 3.8) is 0 Å². The van der Waals surface area contributed by atoms with Crippen molar-refractivity contribution in [1.82, 2.24) is 10.3 Å². The third-order valence-electron chi connectivity index (χ3n) is 3.23. The van der Waals surface area contributed by atoms with E-state index in [1.54, 1.807) is 11.4 Å². The van der Waals surface area contributed by atoms with Crippen molar-refractivity contribution in [3.05, 3.63) is 46.7 Å². The number of aromatic nitrogens is 1. The van der Waals surface area contributed by atoms with Crippen LogP contribution in [0.3, 0.4) is 0 Å². The molecule has 0 atom stereocenters. The molecule has 2 aromatic rings. The van der Waals surface area contributed by atoms with Gasteiger partial charge in [-0.1, -0.05) is 12.1 Å². The number of halogens is 1. The summed E-state index contributed by atoms with van der Waals surface area (Å²) in [5.41, 5.74) is 6.16. The number of amides is 1.